The maximum atomic E-state index is 6.44. The summed E-state index contributed by atoms with van der Waals surface area (Å²) in [5, 5.41) is 0. The molecule has 1 fully saturated rings. The first kappa shape index (κ1) is 17.6. The lowest BCUT2D eigenvalue weighted by Crippen LogP contribution is -2.48. The molecule has 134 valence electrons. The fourth-order valence-corrected chi connectivity index (χ4v) is 3.41. The fraction of sp³-hybridized carbons (Fsp3) is 0.400. The third kappa shape index (κ3) is 4.06. The Morgan fingerprint density at radius 2 is 1.48 bits per heavy atom. The number of para-hydroxylation sites is 3. The first-order valence-corrected chi connectivity index (χ1v) is 8.71. The van der Waals surface area contributed by atoms with Crippen molar-refractivity contribution in [2.45, 2.75) is 6.04 Å². The number of ether oxygens (including phenoxy) is 2. The lowest BCUT2D eigenvalue weighted by molar-refractivity contribution is 0.241. The van der Waals surface area contributed by atoms with Crippen LogP contribution in [0.5, 0.6) is 11.5 Å². The second-order valence-electron chi connectivity index (χ2n) is 6.31. The zero-order chi connectivity index (χ0) is 17.6. The summed E-state index contributed by atoms with van der Waals surface area (Å²) in [6, 6.07) is 16.1. The van der Waals surface area contributed by atoms with E-state index in [1.807, 2.05) is 30.3 Å². The van der Waals surface area contributed by atoms with Gasteiger partial charge in [0.25, 0.3) is 0 Å². The van der Waals surface area contributed by atoms with E-state index in [1.165, 1.54) is 5.69 Å². The molecule has 0 bridgehead atoms. The zero-order valence-electron chi connectivity index (χ0n) is 15.0. The van der Waals surface area contributed by atoms with Crippen LogP contribution in [0, 0.1) is 0 Å². The van der Waals surface area contributed by atoms with Gasteiger partial charge in [0.1, 0.15) is 11.5 Å². The van der Waals surface area contributed by atoms with Crippen LogP contribution in [0.25, 0.3) is 0 Å². The van der Waals surface area contributed by atoms with Gasteiger partial charge in [0.15, 0.2) is 0 Å². The third-order valence-electron chi connectivity index (χ3n) is 4.79. The summed E-state index contributed by atoms with van der Waals surface area (Å²) in [5.41, 5.74) is 8.67. The normalized spacial score (nSPS) is 16.5. The number of piperazine rings is 1. The van der Waals surface area contributed by atoms with Crippen molar-refractivity contribution in [3.8, 4) is 11.5 Å². The molecule has 2 aromatic carbocycles. The highest BCUT2D eigenvalue weighted by atomic mass is 16.5. The molecule has 1 heterocycles. The minimum absolute atomic E-state index is 0.0473. The topological polar surface area (TPSA) is 51.0 Å². The number of anilines is 1. The molecule has 25 heavy (non-hydrogen) atoms. The summed E-state index contributed by atoms with van der Waals surface area (Å²) >= 11 is 0. The lowest BCUT2D eigenvalue weighted by atomic mass is 10.1. The van der Waals surface area contributed by atoms with Crippen LogP contribution in [-0.4, -0.2) is 51.8 Å². The van der Waals surface area contributed by atoms with Crippen molar-refractivity contribution >= 4 is 5.69 Å². The van der Waals surface area contributed by atoms with Gasteiger partial charge in [-0.1, -0.05) is 30.3 Å². The average molecular weight is 341 g/mol. The second-order valence-corrected chi connectivity index (χ2v) is 6.31. The average Bonchev–Trinajstić information content (AvgIpc) is 2.68. The zero-order valence-corrected chi connectivity index (χ0v) is 15.0. The van der Waals surface area contributed by atoms with Crippen molar-refractivity contribution in [3.63, 3.8) is 0 Å². The molecule has 5 nitrogen and oxygen atoms in total. The minimum Gasteiger partial charge on any atom is -0.496 e. The van der Waals surface area contributed by atoms with Crippen LogP contribution in [-0.2, 0) is 0 Å². The lowest BCUT2D eigenvalue weighted by Gasteiger charge is -2.37. The molecular weight excluding hydrogens is 314 g/mol. The predicted octanol–water partition coefficient (Wildman–Crippen LogP) is 2.53. The van der Waals surface area contributed by atoms with Gasteiger partial charge in [-0.25, -0.2) is 0 Å². The van der Waals surface area contributed by atoms with Gasteiger partial charge in [-0.3, -0.25) is 4.90 Å². The van der Waals surface area contributed by atoms with Gasteiger partial charge >= 0.3 is 0 Å². The molecule has 1 unspecified atom stereocenters. The quantitative estimate of drug-likeness (QED) is 0.875. The van der Waals surface area contributed by atoms with Crippen molar-refractivity contribution < 1.29 is 9.47 Å². The number of methoxy groups -OCH3 is 2. The predicted molar refractivity (Wildman–Crippen MR) is 102 cm³/mol. The first-order chi connectivity index (χ1) is 12.2. The molecule has 1 saturated heterocycles. The number of hydrogen-bond acceptors (Lipinski definition) is 5. The third-order valence-corrected chi connectivity index (χ3v) is 4.79. The van der Waals surface area contributed by atoms with Crippen molar-refractivity contribution in [2.24, 2.45) is 5.73 Å². The molecular formula is C20H27N3O2. The summed E-state index contributed by atoms with van der Waals surface area (Å²) < 4.78 is 10.9. The molecule has 1 aliphatic heterocycles. The molecule has 0 radical (unpaired) electrons. The van der Waals surface area contributed by atoms with Crippen LogP contribution in [0.3, 0.4) is 0 Å². The SMILES string of the molecule is COc1ccccc1C(N)CN1CCN(c2ccccc2OC)CC1. The van der Waals surface area contributed by atoms with Crippen LogP contribution < -0.4 is 20.1 Å². The van der Waals surface area contributed by atoms with Crippen molar-refractivity contribution in [3.05, 3.63) is 54.1 Å². The molecule has 0 saturated carbocycles. The summed E-state index contributed by atoms with van der Waals surface area (Å²) in [5.74, 6) is 1.80. The maximum absolute atomic E-state index is 6.44. The molecule has 2 N–H and O–H groups in total. The van der Waals surface area contributed by atoms with Crippen molar-refractivity contribution in [1.29, 1.82) is 0 Å². The molecule has 2 aromatic rings. The van der Waals surface area contributed by atoms with E-state index < -0.39 is 0 Å². The molecule has 0 spiro atoms. The fourth-order valence-electron chi connectivity index (χ4n) is 3.41. The highest BCUT2D eigenvalue weighted by Gasteiger charge is 2.22. The Kier molecular flexibility index (Phi) is 5.79. The number of nitrogens with two attached hydrogens (primary N) is 1. The molecule has 3 rings (SSSR count). The van der Waals surface area contributed by atoms with Crippen LogP contribution in [0.15, 0.2) is 48.5 Å². The summed E-state index contributed by atoms with van der Waals surface area (Å²) in [6.07, 6.45) is 0. The van der Waals surface area contributed by atoms with Gasteiger partial charge in [-0.15, -0.1) is 0 Å². The van der Waals surface area contributed by atoms with Crippen LogP contribution >= 0.6 is 0 Å². The number of benzene rings is 2. The smallest absolute Gasteiger partial charge is 0.142 e. The van der Waals surface area contributed by atoms with E-state index in [-0.39, 0.29) is 6.04 Å². The van der Waals surface area contributed by atoms with Gasteiger partial charge in [0, 0.05) is 44.3 Å². The summed E-state index contributed by atoms with van der Waals surface area (Å²) in [7, 11) is 3.42. The molecule has 1 atom stereocenters. The summed E-state index contributed by atoms with van der Waals surface area (Å²) in [6.45, 7) is 4.75. The molecule has 5 heteroatoms. The Hall–Kier alpha value is -2.24. The van der Waals surface area contributed by atoms with Crippen LogP contribution in [0.4, 0.5) is 5.69 Å². The van der Waals surface area contributed by atoms with Gasteiger partial charge in [0.05, 0.1) is 19.9 Å². The Bertz CT molecular complexity index is 684. The van der Waals surface area contributed by atoms with Gasteiger partial charge in [0.2, 0.25) is 0 Å². The first-order valence-electron chi connectivity index (χ1n) is 8.71. The van der Waals surface area contributed by atoms with Crippen molar-refractivity contribution in [1.82, 2.24) is 4.90 Å². The largest absolute Gasteiger partial charge is 0.496 e. The maximum Gasteiger partial charge on any atom is 0.142 e. The number of rotatable bonds is 6. The Morgan fingerprint density at radius 1 is 0.880 bits per heavy atom. The molecule has 0 aromatic heterocycles. The van der Waals surface area contributed by atoms with E-state index in [2.05, 4.69) is 28.0 Å². The summed E-state index contributed by atoms with van der Waals surface area (Å²) in [4.78, 5) is 4.80. The minimum atomic E-state index is -0.0473. The van der Waals surface area contributed by atoms with Gasteiger partial charge < -0.3 is 20.1 Å². The molecule has 1 aliphatic rings. The highest BCUT2D eigenvalue weighted by molar-refractivity contribution is 5.58. The second kappa shape index (κ2) is 8.23. The van der Waals surface area contributed by atoms with E-state index in [9.17, 15) is 0 Å². The molecule has 0 aliphatic carbocycles. The van der Waals surface area contributed by atoms with E-state index in [1.54, 1.807) is 14.2 Å². The van der Waals surface area contributed by atoms with Crippen molar-refractivity contribution in [2.75, 3.05) is 51.8 Å². The molecule has 0 amide bonds. The van der Waals surface area contributed by atoms with E-state index in [4.69, 9.17) is 15.2 Å². The van der Waals surface area contributed by atoms with Gasteiger partial charge in [-0.2, -0.15) is 0 Å². The number of nitrogens with zero attached hydrogens (tertiary/aromatic N) is 2. The van der Waals surface area contributed by atoms with E-state index in [0.29, 0.717) is 0 Å². The highest BCUT2D eigenvalue weighted by Crippen LogP contribution is 2.29. The number of hydrogen-bond donors (Lipinski definition) is 1. The Morgan fingerprint density at radius 3 is 2.16 bits per heavy atom. The Labute approximate surface area is 149 Å². The monoisotopic (exact) mass is 341 g/mol. The van der Waals surface area contributed by atoms with Crippen LogP contribution in [0.1, 0.15) is 11.6 Å². The standard InChI is InChI=1S/C20H27N3O2/c1-24-19-9-5-3-7-16(19)17(21)15-22-11-13-23(14-12-22)18-8-4-6-10-20(18)25-2/h3-10,17H,11-15,21H2,1-2H3. The van der Waals surface area contributed by atoms with Crippen LogP contribution in [0.2, 0.25) is 0 Å². The van der Waals surface area contributed by atoms with Gasteiger partial charge in [-0.05, 0) is 18.2 Å². The van der Waals surface area contributed by atoms with E-state index in [0.717, 1.165) is 49.8 Å². The van der Waals surface area contributed by atoms with E-state index >= 15 is 0 Å². The Balaban J connectivity index is 1.59.